The zero-order valence-corrected chi connectivity index (χ0v) is 13.2. The molecule has 0 bridgehead atoms. The largest absolute Gasteiger partial charge is 0.321 e. The van der Waals surface area contributed by atoms with Crippen LogP contribution >= 0.6 is 0 Å². The number of aromatic nitrogens is 3. The van der Waals surface area contributed by atoms with Crippen LogP contribution in [0, 0.1) is 0 Å². The second-order valence-corrected chi connectivity index (χ2v) is 6.38. The van der Waals surface area contributed by atoms with Gasteiger partial charge < -0.3 is 5.73 Å². The van der Waals surface area contributed by atoms with E-state index in [9.17, 15) is 0 Å². The molecule has 2 aromatic carbocycles. The zero-order chi connectivity index (χ0) is 15.9. The molecule has 4 heteroatoms. The first-order chi connectivity index (χ1) is 11.2. The summed E-state index contributed by atoms with van der Waals surface area (Å²) >= 11 is 0. The molecule has 116 valence electrons. The van der Waals surface area contributed by atoms with Crippen molar-refractivity contribution in [3.8, 4) is 22.5 Å². The molecule has 0 atom stereocenters. The number of hydrogen-bond donors (Lipinski definition) is 1. The van der Waals surface area contributed by atoms with Gasteiger partial charge in [0.1, 0.15) is 6.33 Å². The van der Waals surface area contributed by atoms with Gasteiger partial charge in [0.05, 0.1) is 0 Å². The van der Waals surface area contributed by atoms with E-state index in [-0.39, 0.29) is 5.54 Å². The maximum Gasteiger partial charge on any atom is 0.181 e. The fourth-order valence-corrected chi connectivity index (χ4v) is 3.21. The average Bonchev–Trinajstić information content (AvgIpc) is 2.99. The zero-order valence-electron chi connectivity index (χ0n) is 13.2. The second kappa shape index (κ2) is 5.32. The molecule has 1 saturated carbocycles. The van der Waals surface area contributed by atoms with E-state index >= 15 is 0 Å². The monoisotopic (exact) mass is 304 g/mol. The van der Waals surface area contributed by atoms with Crippen molar-refractivity contribution >= 4 is 0 Å². The lowest BCUT2D eigenvalue weighted by atomic mass is 9.72. The number of nitrogens with two attached hydrogens (primary N) is 1. The Morgan fingerprint density at radius 3 is 2.43 bits per heavy atom. The molecule has 4 rings (SSSR count). The summed E-state index contributed by atoms with van der Waals surface area (Å²) in [5, 5.41) is 4.47. The van der Waals surface area contributed by atoms with Gasteiger partial charge in [-0.05, 0) is 42.0 Å². The molecule has 1 aliphatic rings. The van der Waals surface area contributed by atoms with Crippen molar-refractivity contribution in [3.05, 3.63) is 60.4 Å². The van der Waals surface area contributed by atoms with Gasteiger partial charge in [-0.3, -0.25) is 4.68 Å². The van der Waals surface area contributed by atoms with Gasteiger partial charge in [0.25, 0.3) is 0 Å². The Balaban J connectivity index is 1.89. The Bertz CT molecular complexity index is 832. The van der Waals surface area contributed by atoms with Crippen molar-refractivity contribution < 1.29 is 0 Å². The summed E-state index contributed by atoms with van der Waals surface area (Å²) in [6.45, 7) is 0. The molecule has 23 heavy (non-hydrogen) atoms. The number of rotatable bonds is 3. The average molecular weight is 304 g/mol. The third-order valence-electron chi connectivity index (χ3n) is 4.77. The second-order valence-electron chi connectivity index (χ2n) is 6.38. The van der Waals surface area contributed by atoms with Crippen LogP contribution in [0.2, 0.25) is 0 Å². The summed E-state index contributed by atoms with van der Waals surface area (Å²) in [5.41, 5.74) is 10.9. The van der Waals surface area contributed by atoms with Crippen LogP contribution < -0.4 is 5.73 Å². The SMILES string of the molecule is Cn1cnc(-c2ccc(C3(N)CCC3)cc2-c2ccccc2)n1. The first-order valence-corrected chi connectivity index (χ1v) is 8.01. The van der Waals surface area contributed by atoms with Crippen LogP contribution in [0.5, 0.6) is 0 Å². The highest BCUT2D eigenvalue weighted by atomic mass is 15.3. The fourth-order valence-electron chi connectivity index (χ4n) is 3.21. The highest BCUT2D eigenvalue weighted by Gasteiger charge is 2.34. The minimum absolute atomic E-state index is 0.167. The van der Waals surface area contributed by atoms with E-state index in [4.69, 9.17) is 5.73 Å². The number of benzene rings is 2. The Hall–Kier alpha value is -2.46. The van der Waals surface area contributed by atoms with Crippen molar-refractivity contribution in [2.75, 3.05) is 0 Å². The lowest BCUT2D eigenvalue weighted by molar-refractivity contribution is 0.254. The summed E-state index contributed by atoms with van der Waals surface area (Å²) in [5.74, 6) is 0.748. The lowest BCUT2D eigenvalue weighted by Gasteiger charge is -2.39. The Labute approximate surface area is 136 Å². The van der Waals surface area contributed by atoms with Crippen LogP contribution in [0.25, 0.3) is 22.5 Å². The van der Waals surface area contributed by atoms with Crippen LogP contribution in [0.4, 0.5) is 0 Å². The van der Waals surface area contributed by atoms with Crippen LogP contribution in [0.3, 0.4) is 0 Å². The molecule has 4 nitrogen and oxygen atoms in total. The fraction of sp³-hybridized carbons (Fsp3) is 0.263. The van der Waals surface area contributed by atoms with Gasteiger partial charge in [-0.15, -0.1) is 0 Å². The predicted octanol–water partition coefficient (Wildman–Crippen LogP) is 3.49. The van der Waals surface area contributed by atoms with Crippen molar-refractivity contribution in [3.63, 3.8) is 0 Å². The molecular formula is C19H20N4. The molecule has 0 amide bonds. The van der Waals surface area contributed by atoms with Crippen molar-refractivity contribution in [1.82, 2.24) is 14.8 Å². The summed E-state index contributed by atoms with van der Waals surface area (Å²) in [6.07, 6.45) is 5.06. The molecule has 1 aromatic heterocycles. The standard InChI is InChI=1S/C19H20N4/c1-23-13-21-18(22-23)16-9-8-15(19(20)10-5-11-19)12-17(16)14-6-3-2-4-7-14/h2-4,6-9,12-13H,5,10-11,20H2,1H3. The van der Waals surface area contributed by atoms with Crippen molar-refractivity contribution in [1.29, 1.82) is 0 Å². The normalized spacial score (nSPS) is 16.1. The first-order valence-electron chi connectivity index (χ1n) is 8.01. The van der Waals surface area contributed by atoms with Gasteiger partial charge in [0.15, 0.2) is 5.82 Å². The predicted molar refractivity (Wildman–Crippen MR) is 91.6 cm³/mol. The molecule has 0 unspecified atom stereocenters. The molecule has 0 spiro atoms. The van der Waals surface area contributed by atoms with E-state index in [0.29, 0.717) is 0 Å². The molecule has 1 aliphatic carbocycles. The molecule has 0 saturated heterocycles. The maximum absolute atomic E-state index is 6.53. The molecule has 1 heterocycles. The van der Waals surface area contributed by atoms with Gasteiger partial charge in [-0.25, -0.2) is 4.98 Å². The third-order valence-corrected chi connectivity index (χ3v) is 4.77. The summed E-state index contributed by atoms with van der Waals surface area (Å²) < 4.78 is 1.73. The lowest BCUT2D eigenvalue weighted by Crippen LogP contribution is -2.43. The van der Waals surface area contributed by atoms with E-state index in [1.807, 2.05) is 13.1 Å². The van der Waals surface area contributed by atoms with Crippen LogP contribution in [0.1, 0.15) is 24.8 Å². The van der Waals surface area contributed by atoms with E-state index in [1.54, 1.807) is 11.0 Å². The van der Waals surface area contributed by atoms with Crippen LogP contribution in [-0.2, 0) is 12.6 Å². The van der Waals surface area contributed by atoms with E-state index in [0.717, 1.165) is 29.8 Å². The Morgan fingerprint density at radius 1 is 1.04 bits per heavy atom. The first kappa shape index (κ1) is 14.2. The summed E-state index contributed by atoms with van der Waals surface area (Å²) in [6, 6.07) is 16.9. The highest BCUT2D eigenvalue weighted by molar-refractivity contribution is 5.81. The smallest absolute Gasteiger partial charge is 0.181 e. The number of hydrogen-bond acceptors (Lipinski definition) is 3. The van der Waals surface area contributed by atoms with Gasteiger partial charge in [-0.2, -0.15) is 5.10 Å². The summed E-state index contributed by atoms with van der Waals surface area (Å²) in [7, 11) is 1.89. The molecule has 2 N–H and O–H groups in total. The maximum atomic E-state index is 6.53. The number of nitrogens with zero attached hydrogens (tertiary/aromatic N) is 3. The molecule has 0 radical (unpaired) electrons. The summed E-state index contributed by atoms with van der Waals surface area (Å²) in [4.78, 5) is 4.42. The van der Waals surface area contributed by atoms with E-state index < -0.39 is 0 Å². The van der Waals surface area contributed by atoms with Crippen molar-refractivity contribution in [2.45, 2.75) is 24.8 Å². The highest BCUT2D eigenvalue weighted by Crippen LogP contribution is 2.41. The van der Waals surface area contributed by atoms with Crippen LogP contribution in [-0.4, -0.2) is 14.8 Å². The molecule has 3 aromatic rings. The number of aryl methyl sites for hydroxylation is 1. The van der Waals surface area contributed by atoms with Crippen LogP contribution in [0.15, 0.2) is 54.9 Å². The van der Waals surface area contributed by atoms with Gasteiger partial charge >= 0.3 is 0 Å². The topological polar surface area (TPSA) is 56.7 Å². The molecular weight excluding hydrogens is 284 g/mol. The molecule has 0 aliphatic heterocycles. The third kappa shape index (κ3) is 2.45. The minimum atomic E-state index is -0.167. The van der Waals surface area contributed by atoms with E-state index in [1.165, 1.54) is 17.5 Å². The Morgan fingerprint density at radius 2 is 1.83 bits per heavy atom. The minimum Gasteiger partial charge on any atom is -0.321 e. The van der Waals surface area contributed by atoms with Gasteiger partial charge in [0.2, 0.25) is 0 Å². The van der Waals surface area contributed by atoms with E-state index in [2.05, 4.69) is 52.5 Å². The van der Waals surface area contributed by atoms with Crippen molar-refractivity contribution in [2.24, 2.45) is 12.8 Å². The van der Waals surface area contributed by atoms with Gasteiger partial charge in [0, 0.05) is 18.2 Å². The molecule has 1 fully saturated rings. The quantitative estimate of drug-likeness (QED) is 0.806. The Kier molecular flexibility index (Phi) is 3.27. The van der Waals surface area contributed by atoms with Gasteiger partial charge in [-0.1, -0.05) is 42.5 Å².